The summed E-state index contributed by atoms with van der Waals surface area (Å²) in [5, 5.41) is 0. The van der Waals surface area contributed by atoms with E-state index < -0.39 is 11.6 Å². The summed E-state index contributed by atoms with van der Waals surface area (Å²) in [4.78, 5) is 2.95. The number of nitrogens with zero attached hydrogens (tertiary/aromatic N) is 1. The van der Waals surface area contributed by atoms with E-state index in [4.69, 9.17) is 12.2 Å². The van der Waals surface area contributed by atoms with Gasteiger partial charge in [0, 0.05) is 6.54 Å². The highest BCUT2D eigenvalue weighted by atomic mass is 32.1. The van der Waals surface area contributed by atoms with Crippen LogP contribution in [0.5, 0.6) is 0 Å². The first-order valence-electron chi connectivity index (χ1n) is 6.89. The molecule has 1 aromatic heterocycles. The lowest BCUT2D eigenvalue weighted by Crippen LogP contribution is -2.22. The Bertz CT molecular complexity index is 662. The van der Waals surface area contributed by atoms with Crippen LogP contribution in [0.4, 0.5) is 8.78 Å². The minimum absolute atomic E-state index is 0.237. The van der Waals surface area contributed by atoms with Crippen molar-refractivity contribution in [2.24, 2.45) is 17.8 Å². The van der Waals surface area contributed by atoms with E-state index in [1.165, 1.54) is 6.07 Å². The van der Waals surface area contributed by atoms with Crippen LogP contribution in [0.25, 0.3) is 11.0 Å². The van der Waals surface area contributed by atoms with E-state index in [0.717, 1.165) is 6.07 Å². The Morgan fingerprint density at radius 1 is 1.15 bits per heavy atom. The number of benzene rings is 1. The highest BCUT2D eigenvalue weighted by molar-refractivity contribution is 7.71. The zero-order valence-corrected chi connectivity index (χ0v) is 13.0. The van der Waals surface area contributed by atoms with Gasteiger partial charge in [-0.3, -0.25) is 0 Å². The largest absolute Gasteiger partial charge is 0.330 e. The Hall–Kier alpha value is -1.23. The van der Waals surface area contributed by atoms with Gasteiger partial charge in [0.2, 0.25) is 0 Å². The van der Waals surface area contributed by atoms with E-state index in [0.29, 0.717) is 34.6 Å². The SMILES string of the molecule is CC(C)C(Cn1c(=S)[nH]c2ccc(F)c(F)c21)C(C)C. The first-order chi connectivity index (χ1) is 9.32. The predicted molar refractivity (Wildman–Crippen MR) is 80.2 cm³/mol. The van der Waals surface area contributed by atoms with E-state index in [9.17, 15) is 8.78 Å². The van der Waals surface area contributed by atoms with Crippen molar-refractivity contribution < 1.29 is 8.78 Å². The zero-order chi connectivity index (χ0) is 15.0. The van der Waals surface area contributed by atoms with E-state index in [-0.39, 0.29) is 5.52 Å². The number of aromatic nitrogens is 2. The van der Waals surface area contributed by atoms with Gasteiger partial charge in [0.05, 0.1) is 5.52 Å². The molecule has 0 atom stereocenters. The number of imidazole rings is 1. The normalized spacial score (nSPS) is 12.2. The summed E-state index contributed by atoms with van der Waals surface area (Å²) in [5.74, 6) is -0.438. The second-order valence-electron chi connectivity index (χ2n) is 5.95. The number of rotatable bonds is 4. The quantitative estimate of drug-likeness (QED) is 0.796. The van der Waals surface area contributed by atoms with Crippen molar-refractivity contribution in [3.8, 4) is 0 Å². The second-order valence-corrected chi connectivity index (χ2v) is 6.34. The number of fused-ring (bicyclic) bond motifs is 1. The van der Waals surface area contributed by atoms with Crippen molar-refractivity contribution in [1.82, 2.24) is 9.55 Å². The van der Waals surface area contributed by atoms with Gasteiger partial charge in [-0.1, -0.05) is 27.7 Å². The second kappa shape index (κ2) is 5.64. The molecule has 0 aliphatic rings. The van der Waals surface area contributed by atoms with Crippen molar-refractivity contribution in [2.45, 2.75) is 34.2 Å². The van der Waals surface area contributed by atoms with Gasteiger partial charge >= 0.3 is 0 Å². The molecule has 0 unspecified atom stereocenters. The molecule has 1 heterocycles. The van der Waals surface area contributed by atoms with Crippen molar-refractivity contribution in [3.63, 3.8) is 0 Å². The Morgan fingerprint density at radius 3 is 2.30 bits per heavy atom. The van der Waals surface area contributed by atoms with E-state index in [2.05, 4.69) is 32.7 Å². The molecule has 0 amide bonds. The minimum Gasteiger partial charge on any atom is -0.330 e. The average molecular weight is 298 g/mol. The van der Waals surface area contributed by atoms with Crippen LogP contribution in [0.3, 0.4) is 0 Å². The van der Waals surface area contributed by atoms with Crippen LogP contribution in [-0.2, 0) is 6.54 Å². The Morgan fingerprint density at radius 2 is 1.75 bits per heavy atom. The first-order valence-corrected chi connectivity index (χ1v) is 7.30. The van der Waals surface area contributed by atoms with Gasteiger partial charge < -0.3 is 9.55 Å². The Balaban J connectivity index is 2.57. The van der Waals surface area contributed by atoms with Crippen molar-refractivity contribution >= 4 is 23.3 Å². The Labute approximate surface area is 122 Å². The Kier molecular flexibility index (Phi) is 4.28. The summed E-state index contributed by atoms with van der Waals surface area (Å²) in [6.45, 7) is 9.15. The third-order valence-electron chi connectivity index (χ3n) is 3.93. The lowest BCUT2D eigenvalue weighted by molar-refractivity contribution is 0.252. The van der Waals surface area contributed by atoms with E-state index in [1.807, 2.05) is 0 Å². The number of halogens is 2. The number of H-pyrrole nitrogens is 1. The molecule has 0 spiro atoms. The highest BCUT2D eigenvalue weighted by Crippen LogP contribution is 2.27. The van der Waals surface area contributed by atoms with E-state index >= 15 is 0 Å². The molecule has 1 aromatic carbocycles. The molecule has 5 heteroatoms. The third kappa shape index (κ3) is 2.64. The third-order valence-corrected chi connectivity index (χ3v) is 4.25. The molecular formula is C15H20F2N2S. The number of hydrogen-bond acceptors (Lipinski definition) is 1. The molecule has 0 radical (unpaired) electrons. The standard InChI is InChI=1S/C15H20F2N2S/c1-8(2)10(9(3)4)7-19-14-12(18-15(19)20)6-5-11(16)13(14)17/h5-6,8-10H,7H2,1-4H3,(H,18,20). The van der Waals surface area contributed by atoms with Crippen LogP contribution in [-0.4, -0.2) is 9.55 Å². The van der Waals surface area contributed by atoms with Gasteiger partial charge in [0.25, 0.3) is 0 Å². The molecular weight excluding hydrogens is 278 g/mol. The van der Waals surface area contributed by atoms with Gasteiger partial charge in [-0.2, -0.15) is 0 Å². The van der Waals surface area contributed by atoms with Crippen molar-refractivity contribution in [1.29, 1.82) is 0 Å². The van der Waals surface area contributed by atoms with Crippen LogP contribution in [0.2, 0.25) is 0 Å². The van der Waals surface area contributed by atoms with Gasteiger partial charge in [-0.05, 0) is 42.1 Å². The minimum atomic E-state index is -0.842. The summed E-state index contributed by atoms with van der Waals surface area (Å²) >= 11 is 5.27. The molecule has 110 valence electrons. The first kappa shape index (κ1) is 15.2. The molecule has 0 saturated carbocycles. The van der Waals surface area contributed by atoms with Crippen LogP contribution in [0.15, 0.2) is 12.1 Å². The van der Waals surface area contributed by atoms with Gasteiger partial charge in [0.1, 0.15) is 5.52 Å². The smallest absolute Gasteiger partial charge is 0.184 e. The van der Waals surface area contributed by atoms with Crippen LogP contribution < -0.4 is 0 Å². The maximum Gasteiger partial charge on any atom is 0.184 e. The molecule has 0 saturated heterocycles. The van der Waals surface area contributed by atoms with Gasteiger partial charge in [0.15, 0.2) is 16.4 Å². The summed E-state index contributed by atoms with van der Waals surface area (Å²) in [5.41, 5.74) is 0.779. The van der Waals surface area contributed by atoms with Crippen molar-refractivity contribution in [2.75, 3.05) is 0 Å². The fourth-order valence-corrected chi connectivity index (χ4v) is 3.04. The molecule has 0 fully saturated rings. The predicted octanol–water partition coefficient (Wildman–Crippen LogP) is 4.91. The van der Waals surface area contributed by atoms with Crippen molar-refractivity contribution in [3.05, 3.63) is 28.5 Å². The fraction of sp³-hybridized carbons (Fsp3) is 0.533. The van der Waals surface area contributed by atoms with E-state index in [1.54, 1.807) is 4.57 Å². The monoisotopic (exact) mass is 298 g/mol. The number of nitrogens with one attached hydrogen (secondary N) is 1. The maximum atomic E-state index is 14.1. The molecule has 2 rings (SSSR count). The number of hydrogen-bond donors (Lipinski definition) is 1. The summed E-state index contributed by atoms with van der Waals surface area (Å²) < 4.78 is 29.6. The summed E-state index contributed by atoms with van der Waals surface area (Å²) in [6, 6.07) is 2.65. The fourth-order valence-electron chi connectivity index (χ4n) is 2.77. The van der Waals surface area contributed by atoms with Gasteiger partial charge in [-0.15, -0.1) is 0 Å². The van der Waals surface area contributed by atoms with Gasteiger partial charge in [-0.25, -0.2) is 8.78 Å². The zero-order valence-electron chi connectivity index (χ0n) is 12.2. The molecule has 0 aliphatic heterocycles. The molecule has 0 bridgehead atoms. The topological polar surface area (TPSA) is 20.7 Å². The summed E-state index contributed by atoms with van der Waals surface area (Å²) in [6.07, 6.45) is 0. The van der Waals surface area contributed by atoms with Crippen LogP contribution in [0, 0.1) is 34.2 Å². The summed E-state index contributed by atoms with van der Waals surface area (Å²) in [7, 11) is 0. The molecule has 1 N–H and O–H groups in total. The maximum absolute atomic E-state index is 14.1. The molecule has 20 heavy (non-hydrogen) atoms. The lowest BCUT2D eigenvalue weighted by atomic mass is 9.85. The molecule has 2 aromatic rings. The lowest BCUT2D eigenvalue weighted by Gasteiger charge is -2.25. The molecule has 0 aliphatic carbocycles. The average Bonchev–Trinajstić information content (AvgIpc) is 2.67. The van der Waals surface area contributed by atoms with Crippen LogP contribution >= 0.6 is 12.2 Å². The number of aromatic amines is 1. The molecule has 2 nitrogen and oxygen atoms in total. The van der Waals surface area contributed by atoms with Crippen LogP contribution in [0.1, 0.15) is 27.7 Å². The highest BCUT2D eigenvalue weighted by Gasteiger charge is 2.21.